The summed E-state index contributed by atoms with van der Waals surface area (Å²) >= 11 is 0. The minimum atomic E-state index is 0.611. The van der Waals surface area contributed by atoms with Crippen LogP contribution in [0.25, 0.3) is 144 Å². The van der Waals surface area contributed by atoms with E-state index in [0.29, 0.717) is 17.5 Å². The molecular formula is C69H43N7. The van der Waals surface area contributed by atoms with Gasteiger partial charge in [0.15, 0.2) is 17.5 Å². The van der Waals surface area contributed by atoms with Crippen molar-refractivity contribution in [3.05, 3.63) is 261 Å². The average Bonchev–Trinajstić information content (AvgIpc) is 4.43. The molecule has 76 heavy (non-hydrogen) atoms. The van der Waals surface area contributed by atoms with Crippen LogP contribution in [0.2, 0.25) is 0 Å². The van der Waals surface area contributed by atoms with Gasteiger partial charge in [-0.1, -0.05) is 176 Å². The first-order chi connectivity index (χ1) is 37.7. The number of hydrogen-bond donors (Lipinski definition) is 0. The van der Waals surface area contributed by atoms with Crippen LogP contribution in [0.15, 0.2) is 261 Å². The highest BCUT2D eigenvalue weighted by Crippen LogP contribution is 2.47. The Morgan fingerprint density at radius 2 is 0.632 bits per heavy atom. The summed E-state index contributed by atoms with van der Waals surface area (Å²) in [5.41, 5.74) is 16.2. The first kappa shape index (κ1) is 42.2. The van der Waals surface area contributed by atoms with Gasteiger partial charge >= 0.3 is 0 Å². The highest BCUT2D eigenvalue weighted by molar-refractivity contribution is 6.29. The molecule has 0 radical (unpaired) electrons. The van der Waals surface area contributed by atoms with Crippen molar-refractivity contribution in [3.63, 3.8) is 0 Å². The number of rotatable bonds is 7. The Hall–Kier alpha value is -10.4. The Bertz CT molecular complexity index is 4900. The second-order valence-corrected chi connectivity index (χ2v) is 19.5. The van der Waals surface area contributed by atoms with Crippen molar-refractivity contribution in [2.45, 2.75) is 0 Å². The van der Waals surface area contributed by atoms with Crippen LogP contribution in [0.5, 0.6) is 0 Å². The molecule has 0 atom stereocenters. The van der Waals surface area contributed by atoms with Crippen LogP contribution in [0.1, 0.15) is 0 Å². The molecule has 16 aromatic rings. The lowest BCUT2D eigenvalue weighted by Gasteiger charge is -2.12. The Balaban J connectivity index is 1.03. The van der Waals surface area contributed by atoms with Crippen molar-refractivity contribution in [1.82, 2.24) is 33.2 Å². The number of hydrogen-bond acceptors (Lipinski definition) is 3. The molecule has 354 valence electrons. The van der Waals surface area contributed by atoms with Gasteiger partial charge in [-0.2, -0.15) is 0 Å². The molecule has 0 aliphatic carbocycles. The Labute approximate surface area is 436 Å². The van der Waals surface area contributed by atoms with Crippen LogP contribution < -0.4 is 0 Å². The molecule has 0 unspecified atom stereocenters. The molecule has 5 heterocycles. The van der Waals surface area contributed by atoms with Gasteiger partial charge in [0, 0.05) is 82.5 Å². The van der Waals surface area contributed by atoms with Gasteiger partial charge in [0.05, 0.1) is 44.1 Å². The number of benzene rings is 11. The second kappa shape index (κ2) is 16.6. The van der Waals surface area contributed by atoms with E-state index in [-0.39, 0.29) is 0 Å². The quantitative estimate of drug-likeness (QED) is 0.160. The van der Waals surface area contributed by atoms with Crippen LogP contribution in [0.3, 0.4) is 0 Å². The molecule has 0 spiro atoms. The fraction of sp³-hybridized carbons (Fsp3) is 0. The number of para-hydroxylation sites is 5. The predicted molar refractivity (Wildman–Crippen MR) is 313 cm³/mol. The molecule has 0 aliphatic heterocycles. The number of aromatic nitrogens is 7. The highest BCUT2D eigenvalue weighted by Gasteiger charge is 2.26. The maximum atomic E-state index is 5.35. The van der Waals surface area contributed by atoms with E-state index >= 15 is 0 Å². The maximum absolute atomic E-state index is 5.35. The monoisotopic (exact) mass is 969 g/mol. The molecule has 0 N–H and O–H groups in total. The van der Waals surface area contributed by atoms with Crippen molar-refractivity contribution in [3.8, 4) is 56.9 Å². The molecule has 16 rings (SSSR count). The first-order valence-corrected chi connectivity index (χ1v) is 25.8. The molecule has 11 aromatic carbocycles. The van der Waals surface area contributed by atoms with Crippen LogP contribution in [0.4, 0.5) is 0 Å². The van der Waals surface area contributed by atoms with Crippen molar-refractivity contribution in [2.24, 2.45) is 0 Å². The smallest absolute Gasteiger partial charge is 0.164 e. The summed E-state index contributed by atoms with van der Waals surface area (Å²) in [6, 6.07) is 93.3. The van der Waals surface area contributed by atoms with Crippen LogP contribution >= 0.6 is 0 Å². The van der Waals surface area contributed by atoms with Gasteiger partial charge in [-0.05, 0) is 84.9 Å². The van der Waals surface area contributed by atoms with Gasteiger partial charge in [0.2, 0.25) is 0 Å². The zero-order valence-electron chi connectivity index (χ0n) is 41.0. The van der Waals surface area contributed by atoms with E-state index in [1.54, 1.807) is 0 Å². The summed E-state index contributed by atoms with van der Waals surface area (Å²) in [6.07, 6.45) is 0. The Morgan fingerprint density at radius 1 is 0.224 bits per heavy atom. The van der Waals surface area contributed by atoms with Crippen molar-refractivity contribution in [2.75, 3.05) is 0 Å². The zero-order chi connectivity index (χ0) is 49.8. The lowest BCUT2D eigenvalue weighted by molar-refractivity contribution is 1.08. The zero-order valence-corrected chi connectivity index (χ0v) is 41.0. The van der Waals surface area contributed by atoms with E-state index < -0.39 is 0 Å². The summed E-state index contributed by atoms with van der Waals surface area (Å²) in [6.45, 7) is 0. The molecule has 0 aliphatic rings. The SMILES string of the molecule is c1ccc(-c2nc(-c3ccccc3)nc(-c3cccc4c3c3c(ccc5c6ccccc6n(-c6ccc7c(c6)c6ccc8c(c9ccccc9n8-c8ccccc8)c6n7-c6ccccc6)c53)n4-c3ccccc3)n2)cc1. The van der Waals surface area contributed by atoms with Gasteiger partial charge in [-0.15, -0.1) is 0 Å². The molecule has 0 saturated heterocycles. The molecule has 0 saturated carbocycles. The summed E-state index contributed by atoms with van der Waals surface area (Å²) in [7, 11) is 0. The Morgan fingerprint density at radius 3 is 1.25 bits per heavy atom. The average molecular weight is 970 g/mol. The summed E-state index contributed by atoms with van der Waals surface area (Å²) in [4.78, 5) is 15.8. The van der Waals surface area contributed by atoms with E-state index in [0.717, 1.165) is 83.2 Å². The minimum absolute atomic E-state index is 0.611. The second-order valence-electron chi connectivity index (χ2n) is 19.5. The molecule has 5 aromatic heterocycles. The number of fused-ring (bicyclic) bond motifs is 14. The molecular weight excluding hydrogens is 927 g/mol. The first-order valence-electron chi connectivity index (χ1n) is 25.8. The van der Waals surface area contributed by atoms with E-state index in [9.17, 15) is 0 Å². The summed E-state index contributed by atoms with van der Waals surface area (Å²) in [5.74, 6) is 1.86. The predicted octanol–water partition coefficient (Wildman–Crippen LogP) is 17.3. The Kier molecular flexibility index (Phi) is 9.20. The molecule has 7 nitrogen and oxygen atoms in total. The van der Waals surface area contributed by atoms with Gasteiger partial charge in [0.1, 0.15) is 0 Å². The third kappa shape index (κ3) is 6.20. The third-order valence-corrected chi connectivity index (χ3v) is 15.4. The van der Waals surface area contributed by atoms with Crippen molar-refractivity contribution < 1.29 is 0 Å². The van der Waals surface area contributed by atoms with Gasteiger partial charge in [-0.3, -0.25) is 0 Å². The van der Waals surface area contributed by atoms with Gasteiger partial charge in [-0.25, -0.2) is 15.0 Å². The molecule has 0 amide bonds. The van der Waals surface area contributed by atoms with Gasteiger partial charge < -0.3 is 18.3 Å². The fourth-order valence-electron chi connectivity index (χ4n) is 12.2. The summed E-state index contributed by atoms with van der Waals surface area (Å²) < 4.78 is 9.79. The molecule has 0 fully saturated rings. The third-order valence-electron chi connectivity index (χ3n) is 15.4. The summed E-state index contributed by atoms with van der Waals surface area (Å²) in [5, 5.41) is 9.33. The van der Waals surface area contributed by atoms with E-state index in [4.69, 9.17) is 15.0 Å². The van der Waals surface area contributed by atoms with E-state index in [1.165, 1.54) is 43.5 Å². The van der Waals surface area contributed by atoms with E-state index in [2.05, 4.69) is 243 Å². The lowest BCUT2D eigenvalue weighted by atomic mass is 10.0. The topological polar surface area (TPSA) is 58.4 Å². The largest absolute Gasteiger partial charge is 0.309 e. The van der Waals surface area contributed by atoms with Crippen LogP contribution in [-0.2, 0) is 0 Å². The van der Waals surface area contributed by atoms with Gasteiger partial charge in [0.25, 0.3) is 0 Å². The molecule has 7 heteroatoms. The van der Waals surface area contributed by atoms with Crippen molar-refractivity contribution in [1.29, 1.82) is 0 Å². The van der Waals surface area contributed by atoms with Crippen LogP contribution in [0, 0.1) is 0 Å². The molecule has 0 bridgehead atoms. The minimum Gasteiger partial charge on any atom is -0.309 e. The van der Waals surface area contributed by atoms with Crippen LogP contribution in [-0.4, -0.2) is 33.2 Å². The van der Waals surface area contributed by atoms with E-state index in [1.807, 2.05) is 36.4 Å². The maximum Gasteiger partial charge on any atom is 0.164 e. The fourth-order valence-corrected chi connectivity index (χ4v) is 12.2. The highest BCUT2D eigenvalue weighted by atomic mass is 15.1. The number of nitrogens with zero attached hydrogens (tertiary/aromatic N) is 7. The standard InChI is InChI=1S/C69H43N7/c1-6-21-44(22-7-1)67-70-68(45-23-8-2-9-24-45)72-69(71-67)54-33-20-36-59-62(54)64-61(74(59)47-27-12-4-13-28-47)42-38-51-50-31-16-18-34-56(50)76(66(51)64)49-37-40-58-55(43-49)52-39-41-60-63(65(52)75(58)48-29-14-5-15-30-48)53-32-17-19-35-57(53)73(60)46-25-10-3-11-26-46/h1-43H. The van der Waals surface area contributed by atoms with Crippen molar-refractivity contribution >= 4 is 87.2 Å². The normalized spacial score (nSPS) is 11.9. The lowest BCUT2D eigenvalue weighted by Crippen LogP contribution is -2.00.